The third kappa shape index (κ3) is 2.78. The topological polar surface area (TPSA) is 82.8 Å². The van der Waals surface area contributed by atoms with Gasteiger partial charge >= 0.3 is 5.97 Å². The number of aromatic carboxylic acids is 1. The third-order valence-electron chi connectivity index (χ3n) is 3.61. The van der Waals surface area contributed by atoms with Crippen molar-refractivity contribution in [2.75, 3.05) is 20.1 Å². The molecule has 1 amide bonds. The number of furan rings is 1. The molecule has 0 spiro atoms. The number of nitrogens with zero attached hydrogens (tertiary/aromatic N) is 1. The molecule has 104 valence electrons. The molecular weight excluding hydrogens is 248 g/mol. The number of hydrogen-bond donors (Lipinski definition) is 2. The second-order valence-electron chi connectivity index (χ2n) is 5.21. The van der Waals surface area contributed by atoms with Gasteiger partial charge in [-0.1, -0.05) is 0 Å². The first-order valence-corrected chi connectivity index (χ1v) is 6.20. The van der Waals surface area contributed by atoms with Gasteiger partial charge in [-0.2, -0.15) is 0 Å². The Morgan fingerprint density at radius 3 is 2.89 bits per heavy atom. The molecule has 2 heterocycles. The van der Waals surface area contributed by atoms with E-state index in [1.807, 2.05) is 6.92 Å². The Kier molecular flexibility index (Phi) is 3.61. The van der Waals surface area contributed by atoms with Crippen LogP contribution < -0.4 is 5.32 Å². The summed E-state index contributed by atoms with van der Waals surface area (Å²) in [6, 6.07) is 1.53. The zero-order valence-electron chi connectivity index (χ0n) is 11.1. The molecule has 19 heavy (non-hydrogen) atoms. The van der Waals surface area contributed by atoms with Crippen molar-refractivity contribution >= 4 is 11.9 Å². The molecule has 1 aliphatic rings. The van der Waals surface area contributed by atoms with Gasteiger partial charge in [-0.15, -0.1) is 0 Å². The molecule has 0 aromatic carbocycles. The first-order chi connectivity index (χ1) is 8.94. The van der Waals surface area contributed by atoms with E-state index < -0.39 is 5.97 Å². The molecule has 0 radical (unpaired) electrons. The molecular formula is C13H18N2O4. The van der Waals surface area contributed by atoms with Crippen molar-refractivity contribution in [3.8, 4) is 0 Å². The van der Waals surface area contributed by atoms with E-state index in [0.29, 0.717) is 18.8 Å². The van der Waals surface area contributed by atoms with Crippen LogP contribution in [0.2, 0.25) is 0 Å². The van der Waals surface area contributed by atoms with Crippen molar-refractivity contribution in [3.63, 3.8) is 0 Å². The van der Waals surface area contributed by atoms with Crippen LogP contribution in [0, 0.1) is 5.41 Å². The van der Waals surface area contributed by atoms with Crippen LogP contribution in [0.1, 0.15) is 29.5 Å². The number of carboxylic acids is 1. The fourth-order valence-corrected chi connectivity index (χ4v) is 2.47. The van der Waals surface area contributed by atoms with E-state index in [1.165, 1.54) is 12.3 Å². The zero-order valence-corrected chi connectivity index (χ0v) is 11.1. The Bertz CT molecular complexity index is 497. The minimum atomic E-state index is -0.994. The van der Waals surface area contributed by atoms with Crippen LogP contribution in [0.25, 0.3) is 0 Å². The Balaban J connectivity index is 1.98. The molecule has 6 nitrogen and oxygen atoms in total. The molecule has 1 saturated heterocycles. The lowest BCUT2D eigenvalue weighted by Crippen LogP contribution is -2.39. The van der Waals surface area contributed by atoms with Crippen LogP contribution in [-0.4, -0.2) is 42.0 Å². The highest BCUT2D eigenvalue weighted by Crippen LogP contribution is 2.31. The highest BCUT2D eigenvalue weighted by molar-refractivity contribution is 5.87. The van der Waals surface area contributed by atoms with E-state index in [0.717, 1.165) is 13.0 Å². The smallest absolute Gasteiger partial charge is 0.338 e. The summed E-state index contributed by atoms with van der Waals surface area (Å²) >= 11 is 0. The van der Waals surface area contributed by atoms with Gasteiger partial charge in [0.15, 0.2) is 0 Å². The van der Waals surface area contributed by atoms with E-state index in [2.05, 4.69) is 10.2 Å². The fraction of sp³-hybridized carbons (Fsp3) is 0.538. The number of likely N-dealkylation sites (tertiary alicyclic amines) is 1. The molecule has 1 fully saturated rings. The monoisotopic (exact) mass is 266 g/mol. The summed E-state index contributed by atoms with van der Waals surface area (Å²) in [7, 11) is 1.64. The molecule has 1 aromatic rings. The van der Waals surface area contributed by atoms with Gasteiger partial charge in [-0.25, -0.2) is 4.79 Å². The van der Waals surface area contributed by atoms with Crippen molar-refractivity contribution in [1.29, 1.82) is 0 Å². The largest absolute Gasteiger partial charge is 0.478 e. The maximum absolute atomic E-state index is 11.8. The number of rotatable bonds is 4. The number of carbonyl (C=O) groups excluding carboxylic acids is 1. The average Bonchev–Trinajstić information content (AvgIpc) is 2.97. The van der Waals surface area contributed by atoms with Crippen LogP contribution in [0.3, 0.4) is 0 Å². The Hall–Kier alpha value is -1.82. The lowest BCUT2D eigenvalue weighted by atomic mass is 9.89. The summed E-state index contributed by atoms with van der Waals surface area (Å²) in [5.41, 5.74) is -0.222. The predicted octanol–water partition coefficient (Wildman–Crippen LogP) is 0.936. The Morgan fingerprint density at radius 2 is 2.32 bits per heavy atom. The molecule has 6 heteroatoms. The third-order valence-corrected chi connectivity index (χ3v) is 3.61. The highest BCUT2D eigenvalue weighted by Gasteiger charge is 2.39. The standard InChI is InChI=1S/C13H18N2O4/c1-13(12(18)14-2)3-4-15(8-13)6-10-5-9(7-19-10)11(16)17/h5,7H,3-4,6,8H2,1-2H3,(H,14,18)(H,16,17). The van der Waals surface area contributed by atoms with Crippen LogP contribution >= 0.6 is 0 Å². The molecule has 1 unspecified atom stereocenters. The maximum Gasteiger partial charge on any atom is 0.338 e. The summed E-state index contributed by atoms with van der Waals surface area (Å²) in [4.78, 5) is 24.6. The predicted molar refractivity (Wildman–Crippen MR) is 67.7 cm³/mol. The van der Waals surface area contributed by atoms with E-state index >= 15 is 0 Å². The molecule has 2 rings (SSSR count). The van der Waals surface area contributed by atoms with E-state index in [-0.39, 0.29) is 16.9 Å². The van der Waals surface area contributed by atoms with Crippen molar-refractivity contribution in [2.24, 2.45) is 5.41 Å². The Labute approximate surface area is 111 Å². The van der Waals surface area contributed by atoms with Crippen molar-refractivity contribution in [1.82, 2.24) is 10.2 Å². The van der Waals surface area contributed by atoms with E-state index in [4.69, 9.17) is 9.52 Å². The normalized spacial score (nSPS) is 23.5. The van der Waals surface area contributed by atoms with Crippen LogP contribution in [0.4, 0.5) is 0 Å². The second kappa shape index (κ2) is 5.05. The van der Waals surface area contributed by atoms with Gasteiger partial charge < -0.3 is 14.8 Å². The summed E-state index contributed by atoms with van der Waals surface area (Å²) in [6.07, 6.45) is 2.03. The molecule has 1 aromatic heterocycles. The SMILES string of the molecule is CNC(=O)C1(C)CCN(Cc2cc(C(=O)O)co2)C1. The summed E-state index contributed by atoms with van der Waals surface area (Å²) < 4.78 is 5.22. The van der Waals surface area contributed by atoms with E-state index in [1.54, 1.807) is 7.05 Å². The van der Waals surface area contributed by atoms with Crippen molar-refractivity contribution < 1.29 is 19.1 Å². The van der Waals surface area contributed by atoms with E-state index in [9.17, 15) is 9.59 Å². The quantitative estimate of drug-likeness (QED) is 0.847. The highest BCUT2D eigenvalue weighted by atomic mass is 16.4. The molecule has 0 saturated carbocycles. The second-order valence-corrected chi connectivity index (χ2v) is 5.21. The van der Waals surface area contributed by atoms with Crippen LogP contribution in [0.15, 0.2) is 16.7 Å². The van der Waals surface area contributed by atoms with Crippen LogP contribution in [0.5, 0.6) is 0 Å². The number of hydrogen-bond acceptors (Lipinski definition) is 4. The molecule has 1 atom stereocenters. The van der Waals surface area contributed by atoms with Gasteiger partial charge in [0.2, 0.25) is 5.91 Å². The minimum Gasteiger partial charge on any atom is -0.478 e. The van der Waals surface area contributed by atoms with Gasteiger partial charge in [-0.05, 0) is 26.0 Å². The van der Waals surface area contributed by atoms with Gasteiger partial charge in [0.05, 0.1) is 17.5 Å². The number of carbonyl (C=O) groups is 2. The van der Waals surface area contributed by atoms with Gasteiger partial charge in [-0.3, -0.25) is 9.69 Å². The zero-order chi connectivity index (χ0) is 14.0. The van der Waals surface area contributed by atoms with Gasteiger partial charge in [0, 0.05) is 13.6 Å². The van der Waals surface area contributed by atoms with Gasteiger partial charge in [0.1, 0.15) is 12.0 Å². The Morgan fingerprint density at radius 1 is 1.58 bits per heavy atom. The first kappa shape index (κ1) is 13.6. The molecule has 1 aliphatic heterocycles. The number of nitrogens with one attached hydrogen (secondary N) is 1. The average molecular weight is 266 g/mol. The van der Waals surface area contributed by atoms with Crippen molar-refractivity contribution in [2.45, 2.75) is 19.9 Å². The maximum atomic E-state index is 11.8. The number of amides is 1. The first-order valence-electron chi connectivity index (χ1n) is 6.20. The summed E-state index contributed by atoms with van der Waals surface area (Å²) in [6.45, 7) is 3.92. The summed E-state index contributed by atoms with van der Waals surface area (Å²) in [5.74, 6) is -0.342. The minimum absolute atomic E-state index is 0.0423. The van der Waals surface area contributed by atoms with Crippen molar-refractivity contribution in [3.05, 3.63) is 23.7 Å². The lowest BCUT2D eigenvalue weighted by molar-refractivity contribution is -0.129. The van der Waals surface area contributed by atoms with Crippen LogP contribution in [-0.2, 0) is 11.3 Å². The molecule has 0 bridgehead atoms. The molecule has 2 N–H and O–H groups in total. The summed E-state index contributed by atoms with van der Waals surface area (Å²) in [5, 5.41) is 11.5. The lowest BCUT2D eigenvalue weighted by Gasteiger charge is -2.22. The molecule has 0 aliphatic carbocycles. The fourth-order valence-electron chi connectivity index (χ4n) is 2.47. The van der Waals surface area contributed by atoms with Gasteiger partial charge in [0.25, 0.3) is 0 Å². The number of carboxylic acid groups (broad SMARTS) is 1.